The Kier molecular flexibility index (Phi) is 7.29. The number of benzene rings is 2. The Bertz CT molecular complexity index is 748. The highest BCUT2D eigenvalue weighted by atomic mass is 35.5. The van der Waals surface area contributed by atoms with Gasteiger partial charge in [-0.25, -0.2) is 0 Å². The van der Waals surface area contributed by atoms with E-state index >= 15 is 0 Å². The van der Waals surface area contributed by atoms with Gasteiger partial charge in [0.1, 0.15) is 11.5 Å². The number of amides is 1. The number of hydrogen-bond donors (Lipinski definition) is 2. The fourth-order valence-electron chi connectivity index (χ4n) is 2.09. The molecule has 2 aromatic rings. The minimum absolute atomic E-state index is 0.0681. The van der Waals surface area contributed by atoms with Crippen LogP contribution in [0.3, 0.4) is 0 Å². The molecule has 0 spiro atoms. The normalized spacial score (nSPS) is 11.5. The van der Waals surface area contributed by atoms with Gasteiger partial charge in [-0.2, -0.15) is 0 Å². The van der Waals surface area contributed by atoms with Gasteiger partial charge in [0.25, 0.3) is 5.91 Å². The summed E-state index contributed by atoms with van der Waals surface area (Å²) >= 11 is 5.89. The summed E-state index contributed by atoms with van der Waals surface area (Å²) < 4.78 is 11.0. The Labute approximate surface area is 156 Å². The van der Waals surface area contributed by atoms with Crippen LogP contribution >= 0.6 is 11.6 Å². The third-order valence-electron chi connectivity index (χ3n) is 3.40. The fraction of sp³-hybridized carbons (Fsp3) is 0.263. The van der Waals surface area contributed by atoms with Crippen molar-refractivity contribution in [3.05, 3.63) is 53.6 Å². The second kappa shape index (κ2) is 9.68. The van der Waals surface area contributed by atoms with E-state index in [0.29, 0.717) is 35.2 Å². The van der Waals surface area contributed by atoms with Crippen molar-refractivity contribution in [1.29, 1.82) is 0 Å². The van der Waals surface area contributed by atoms with Crippen LogP contribution in [0.2, 0.25) is 5.02 Å². The van der Waals surface area contributed by atoms with Crippen LogP contribution in [0.15, 0.2) is 48.5 Å². The molecule has 0 bridgehead atoms. The van der Waals surface area contributed by atoms with Crippen LogP contribution in [-0.4, -0.2) is 29.7 Å². The topological polar surface area (TPSA) is 84.9 Å². The number of carbonyl (C=O) groups is 2. The van der Waals surface area contributed by atoms with Gasteiger partial charge in [-0.05, 0) is 55.8 Å². The maximum Gasteiger partial charge on any atom is 0.303 e. The fourth-order valence-corrected chi connectivity index (χ4v) is 2.27. The molecule has 1 amide bonds. The smallest absolute Gasteiger partial charge is 0.303 e. The number of nitrogens with one attached hydrogen (secondary N) is 1. The van der Waals surface area contributed by atoms with E-state index in [-0.39, 0.29) is 12.3 Å². The lowest BCUT2D eigenvalue weighted by Gasteiger charge is -2.15. The van der Waals surface area contributed by atoms with Crippen LogP contribution in [0.4, 0.5) is 5.69 Å². The quantitative estimate of drug-likeness (QED) is 0.645. The van der Waals surface area contributed by atoms with Crippen LogP contribution in [0.5, 0.6) is 11.5 Å². The Hall–Kier alpha value is -2.73. The van der Waals surface area contributed by atoms with Gasteiger partial charge in [-0.15, -0.1) is 0 Å². The van der Waals surface area contributed by atoms with Crippen LogP contribution in [0.1, 0.15) is 19.8 Å². The summed E-state index contributed by atoms with van der Waals surface area (Å²) in [6.45, 7) is 1.97. The van der Waals surface area contributed by atoms with E-state index in [0.717, 1.165) is 0 Å². The second-order valence-corrected chi connectivity index (χ2v) is 6.01. The molecule has 1 atom stereocenters. The third kappa shape index (κ3) is 6.64. The predicted octanol–water partition coefficient (Wildman–Crippen LogP) is 3.99. The summed E-state index contributed by atoms with van der Waals surface area (Å²) in [5.74, 6) is -0.0113. The van der Waals surface area contributed by atoms with Crippen molar-refractivity contribution in [3.63, 3.8) is 0 Å². The lowest BCUT2D eigenvalue weighted by Crippen LogP contribution is -2.30. The number of carboxylic acid groups (broad SMARTS) is 1. The number of hydrogen-bond acceptors (Lipinski definition) is 4. The standard InChI is InChI=1S/C19H20ClNO5/c1-13(26-17-5-2-4-14(20)12-17)19(24)21-15-7-9-16(10-8-15)25-11-3-6-18(22)23/h2,4-5,7-10,12-13H,3,6,11H2,1H3,(H,21,24)(H,22,23). The maximum absolute atomic E-state index is 12.2. The van der Waals surface area contributed by atoms with E-state index in [4.69, 9.17) is 26.2 Å². The third-order valence-corrected chi connectivity index (χ3v) is 3.64. The largest absolute Gasteiger partial charge is 0.494 e. The van der Waals surface area contributed by atoms with Gasteiger partial charge in [0.15, 0.2) is 6.10 Å². The van der Waals surface area contributed by atoms with Crippen molar-refractivity contribution < 1.29 is 24.2 Å². The number of carbonyl (C=O) groups excluding carboxylic acids is 1. The Balaban J connectivity index is 1.81. The van der Waals surface area contributed by atoms with Crippen molar-refractivity contribution in [2.75, 3.05) is 11.9 Å². The van der Waals surface area contributed by atoms with Gasteiger partial charge >= 0.3 is 5.97 Å². The minimum Gasteiger partial charge on any atom is -0.494 e. The Morgan fingerprint density at radius 3 is 2.54 bits per heavy atom. The van der Waals surface area contributed by atoms with Gasteiger partial charge in [0.05, 0.1) is 6.61 Å². The molecular formula is C19H20ClNO5. The Morgan fingerprint density at radius 1 is 1.15 bits per heavy atom. The molecule has 1 unspecified atom stereocenters. The molecule has 0 saturated carbocycles. The second-order valence-electron chi connectivity index (χ2n) is 5.58. The van der Waals surface area contributed by atoms with Gasteiger partial charge in [-0.1, -0.05) is 17.7 Å². The molecule has 2 N–H and O–H groups in total. The van der Waals surface area contributed by atoms with Crippen molar-refractivity contribution in [1.82, 2.24) is 0 Å². The zero-order chi connectivity index (χ0) is 18.9. The first-order chi connectivity index (χ1) is 12.4. The minimum atomic E-state index is -0.847. The summed E-state index contributed by atoms with van der Waals surface area (Å²) in [6, 6.07) is 13.7. The monoisotopic (exact) mass is 377 g/mol. The zero-order valence-corrected chi connectivity index (χ0v) is 15.0. The molecule has 138 valence electrons. The highest BCUT2D eigenvalue weighted by Crippen LogP contribution is 2.20. The first-order valence-electron chi connectivity index (χ1n) is 8.12. The first kappa shape index (κ1) is 19.6. The molecule has 0 aliphatic carbocycles. The molecule has 2 aromatic carbocycles. The van der Waals surface area contributed by atoms with E-state index in [1.807, 2.05) is 0 Å². The molecule has 26 heavy (non-hydrogen) atoms. The highest BCUT2D eigenvalue weighted by molar-refractivity contribution is 6.30. The van der Waals surface area contributed by atoms with Gasteiger partial charge in [0, 0.05) is 17.1 Å². The summed E-state index contributed by atoms with van der Waals surface area (Å²) in [5.41, 5.74) is 0.606. The molecular weight excluding hydrogens is 358 g/mol. The molecule has 0 saturated heterocycles. The van der Waals surface area contributed by atoms with Gasteiger partial charge in [0.2, 0.25) is 0 Å². The maximum atomic E-state index is 12.2. The predicted molar refractivity (Wildman–Crippen MR) is 99.0 cm³/mol. The molecule has 0 heterocycles. The average molecular weight is 378 g/mol. The molecule has 0 radical (unpaired) electrons. The highest BCUT2D eigenvalue weighted by Gasteiger charge is 2.15. The first-order valence-corrected chi connectivity index (χ1v) is 8.49. The van der Waals surface area contributed by atoms with E-state index < -0.39 is 12.1 Å². The SMILES string of the molecule is CC(Oc1cccc(Cl)c1)C(=O)Nc1ccc(OCCCC(=O)O)cc1. The molecule has 0 aliphatic rings. The van der Waals surface area contributed by atoms with Crippen molar-refractivity contribution in [2.24, 2.45) is 0 Å². The van der Waals surface area contributed by atoms with Crippen molar-refractivity contribution in [2.45, 2.75) is 25.9 Å². The zero-order valence-electron chi connectivity index (χ0n) is 14.3. The summed E-state index contributed by atoms with van der Waals surface area (Å²) in [4.78, 5) is 22.6. The lowest BCUT2D eigenvalue weighted by molar-refractivity contribution is -0.137. The number of ether oxygens (including phenoxy) is 2. The number of anilines is 1. The van der Waals surface area contributed by atoms with Crippen LogP contribution in [-0.2, 0) is 9.59 Å². The number of halogens is 1. The van der Waals surface area contributed by atoms with Gasteiger partial charge < -0.3 is 19.9 Å². The van der Waals surface area contributed by atoms with E-state index in [1.54, 1.807) is 55.5 Å². The Morgan fingerprint density at radius 2 is 1.88 bits per heavy atom. The summed E-state index contributed by atoms with van der Waals surface area (Å²) in [5, 5.41) is 11.9. The summed E-state index contributed by atoms with van der Waals surface area (Å²) in [6.07, 6.45) is -0.189. The van der Waals surface area contributed by atoms with Crippen LogP contribution in [0.25, 0.3) is 0 Å². The molecule has 0 aliphatic heterocycles. The number of carboxylic acids is 1. The average Bonchev–Trinajstić information content (AvgIpc) is 2.60. The molecule has 2 rings (SSSR count). The van der Waals surface area contributed by atoms with E-state index in [2.05, 4.69) is 5.32 Å². The van der Waals surface area contributed by atoms with Crippen LogP contribution < -0.4 is 14.8 Å². The van der Waals surface area contributed by atoms with Crippen LogP contribution in [0, 0.1) is 0 Å². The van der Waals surface area contributed by atoms with Gasteiger partial charge in [-0.3, -0.25) is 9.59 Å². The van der Waals surface area contributed by atoms with E-state index in [9.17, 15) is 9.59 Å². The molecule has 6 nitrogen and oxygen atoms in total. The van der Waals surface area contributed by atoms with Crippen molar-refractivity contribution >= 4 is 29.2 Å². The molecule has 0 aromatic heterocycles. The molecule has 0 fully saturated rings. The number of rotatable bonds is 9. The lowest BCUT2D eigenvalue weighted by atomic mass is 10.2. The molecule has 7 heteroatoms. The number of aliphatic carboxylic acids is 1. The van der Waals surface area contributed by atoms with E-state index in [1.165, 1.54) is 0 Å². The summed E-state index contributed by atoms with van der Waals surface area (Å²) in [7, 11) is 0. The van der Waals surface area contributed by atoms with Crippen molar-refractivity contribution in [3.8, 4) is 11.5 Å².